The number of benzene rings is 1. The van der Waals surface area contributed by atoms with Gasteiger partial charge >= 0.3 is 0 Å². The van der Waals surface area contributed by atoms with Crippen LogP contribution in [0.3, 0.4) is 0 Å². The van der Waals surface area contributed by atoms with Gasteiger partial charge in [0.25, 0.3) is 0 Å². The molecule has 0 spiro atoms. The van der Waals surface area contributed by atoms with Crippen LogP contribution in [-0.4, -0.2) is 0 Å². The van der Waals surface area contributed by atoms with Crippen LogP contribution in [0.15, 0.2) is 12.1 Å². The lowest BCUT2D eigenvalue weighted by Crippen LogP contribution is -2.06. The predicted octanol–water partition coefficient (Wildman–Crippen LogP) is 2.92. The first-order chi connectivity index (χ1) is 5.52. The molecule has 1 aromatic carbocycles. The molecule has 0 fully saturated rings. The van der Waals surface area contributed by atoms with Crippen molar-refractivity contribution >= 4 is 30.5 Å². The van der Waals surface area contributed by atoms with Gasteiger partial charge < -0.3 is 0 Å². The van der Waals surface area contributed by atoms with Crippen LogP contribution < -0.4 is 5.30 Å². The monoisotopic (exact) mass is 252 g/mol. The van der Waals surface area contributed by atoms with E-state index in [-0.39, 0.29) is 4.83 Å². The second-order valence-corrected chi connectivity index (χ2v) is 4.50. The number of hydrogen-bond donors (Lipinski definition) is 0. The van der Waals surface area contributed by atoms with E-state index in [1.54, 1.807) is 6.92 Å². The minimum absolute atomic E-state index is 0.106. The van der Waals surface area contributed by atoms with Gasteiger partial charge in [-0.15, -0.1) is 9.24 Å². The quantitative estimate of drug-likeness (QED) is 0.533. The highest BCUT2D eigenvalue weighted by Gasteiger charge is 2.12. The van der Waals surface area contributed by atoms with Crippen molar-refractivity contribution < 1.29 is 8.78 Å². The zero-order chi connectivity index (χ0) is 9.30. The molecule has 0 N–H and O–H groups in total. The van der Waals surface area contributed by atoms with Crippen LogP contribution >= 0.6 is 25.2 Å². The van der Waals surface area contributed by atoms with E-state index in [4.69, 9.17) is 0 Å². The van der Waals surface area contributed by atoms with Crippen molar-refractivity contribution in [2.24, 2.45) is 0 Å². The molecule has 1 rings (SSSR count). The first-order valence-corrected chi connectivity index (χ1v) is 4.90. The summed E-state index contributed by atoms with van der Waals surface area (Å²) in [6.07, 6.45) is 0. The Kier molecular flexibility index (Phi) is 3.19. The molecular formula is C8H8BrF2P. The lowest BCUT2D eigenvalue weighted by Gasteiger charge is -2.08. The molecule has 1 aromatic rings. The van der Waals surface area contributed by atoms with Crippen molar-refractivity contribution in [1.29, 1.82) is 0 Å². The van der Waals surface area contributed by atoms with Gasteiger partial charge in [-0.05, 0) is 18.3 Å². The van der Waals surface area contributed by atoms with Crippen LogP contribution in [0, 0.1) is 11.6 Å². The van der Waals surface area contributed by atoms with E-state index >= 15 is 0 Å². The third kappa shape index (κ3) is 2.02. The summed E-state index contributed by atoms with van der Waals surface area (Å²) >= 11 is 3.23. The Morgan fingerprint density at radius 2 is 2.00 bits per heavy atom. The van der Waals surface area contributed by atoms with Gasteiger partial charge in [-0.2, -0.15) is 0 Å². The van der Waals surface area contributed by atoms with Gasteiger partial charge in [-0.25, -0.2) is 8.78 Å². The minimum Gasteiger partial charge on any atom is -0.207 e. The third-order valence-electron chi connectivity index (χ3n) is 1.52. The second-order valence-electron chi connectivity index (χ2n) is 2.51. The topological polar surface area (TPSA) is 0 Å². The van der Waals surface area contributed by atoms with Crippen LogP contribution in [0.4, 0.5) is 8.78 Å². The molecule has 0 aromatic heterocycles. The Bertz CT molecular complexity index is 276. The summed E-state index contributed by atoms with van der Waals surface area (Å²) in [5.41, 5.74) is 0.487. The van der Waals surface area contributed by atoms with E-state index in [0.29, 0.717) is 10.9 Å². The summed E-state index contributed by atoms with van der Waals surface area (Å²) in [7, 11) is 2.31. The largest absolute Gasteiger partial charge is 0.207 e. The zero-order valence-electron chi connectivity index (χ0n) is 6.44. The fourth-order valence-corrected chi connectivity index (χ4v) is 2.30. The highest BCUT2D eigenvalue weighted by molar-refractivity contribution is 9.09. The number of alkyl halides is 1. The smallest absolute Gasteiger partial charge is 0.131 e. The molecule has 4 heteroatoms. The van der Waals surface area contributed by atoms with Gasteiger partial charge in [0.1, 0.15) is 11.6 Å². The normalized spacial score (nSPS) is 13.1. The summed E-state index contributed by atoms with van der Waals surface area (Å²) in [4.78, 5) is -0.106. The Morgan fingerprint density at radius 3 is 2.42 bits per heavy atom. The standard InChI is InChI=1S/C8H8BrF2P/c1-4(9)8-6(11)2-5(10)3-7(8)12/h2-4H,12H2,1H3. The van der Waals surface area contributed by atoms with Crippen LogP contribution in [0.5, 0.6) is 0 Å². The lowest BCUT2D eigenvalue weighted by atomic mass is 10.1. The molecule has 0 aliphatic heterocycles. The van der Waals surface area contributed by atoms with Crippen molar-refractivity contribution in [3.05, 3.63) is 29.3 Å². The average molecular weight is 253 g/mol. The summed E-state index contributed by atoms with van der Waals surface area (Å²) in [5, 5.41) is 0.553. The van der Waals surface area contributed by atoms with Crippen LogP contribution in [-0.2, 0) is 0 Å². The van der Waals surface area contributed by atoms with Gasteiger partial charge in [0, 0.05) is 16.5 Å². The first-order valence-electron chi connectivity index (χ1n) is 3.41. The SMILES string of the molecule is CC(Br)c1c(F)cc(F)cc1P. The van der Waals surface area contributed by atoms with Crippen molar-refractivity contribution in [3.63, 3.8) is 0 Å². The molecule has 66 valence electrons. The van der Waals surface area contributed by atoms with Crippen molar-refractivity contribution in [2.75, 3.05) is 0 Å². The van der Waals surface area contributed by atoms with Crippen LogP contribution in [0.2, 0.25) is 0 Å². The summed E-state index contributed by atoms with van der Waals surface area (Å²) in [5.74, 6) is -1.06. The molecule has 0 amide bonds. The predicted molar refractivity (Wildman–Crippen MR) is 53.0 cm³/mol. The molecule has 0 saturated heterocycles. The fraction of sp³-hybridized carbons (Fsp3) is 0.250. The van der Waals surface area contributed by atoms with Crippen LogP contribution in [0.25, 0.3) is 0 Å². The fourth-order valence-electron chi connectivity index (χ4n) is 1.02. The lowest BCUT2D eigenvalue weighted by molar-refractivity contribution is 0.576. The van der Waals surface area contributed by atoms with Gasteiger partial charge in [0.2, 0.25) is 0 Å². The van der Waals surface area contributed by atoms with Gasteiger partial charge in [0.05, 0.1) is 0 Å². The Labute approximate surface area is 80.7 Å². The number of rotatable bonds is 1. The molecule has 0 bridgehead atoms. The van der Waals surface area contributed by atoms with Crippen molar-refractivity contribution in [2.45, 2.75) is 11.8 Å². The molecule has 2 unspecified atom stereocenters. The maximum absolute atomic E-state index is 13.1. The molecule has 0 heterocycles. The van der Waals surface area contributed by atoms with E-state index in [1.807, 2.05) is 0 Å². The highest BCUT2D eigenvalue weighted by atomic mass is 79.9. The molecule has 0 nitrogen and oxygen atoms in total. The molecule has 0 aliphatic carbocycles. The van der Waals surface area contributed by atoms with Gasteiger partial charge in [-0.3, -0.25) is 0 Å². The minimum atomic E-state index is -0.547. The maximum Gasteiger partial charge on any atom is 0.131 e. The second kappa shape index (κ2) is 3.80. The molecule has 0 saturated carbocycles. The highest BCUT2D eigenvalue weighted by Crippen LogP contribution is 2.24. The Morgan fingerprint density at radius 1 is 1.42 bits per heavy atom. The van der Waals surface area contributed by atoms with E-state index in [1.165, 1.54) is 6.07 Å². The number of halogens is 3. The van der Waals surface area contributed by atoms with E-state index in [9.17, 15) is 8.78 Å². The molecule has 12 heavy (non-hydrogen) atoms. The number of hydrogen-bond acceptors (Lipinski definition) is 0. The summed E-state index contributed by atoms with van der Waals surface area (Å²) in [6.45, 7) is 1.80. The zero-order valence-corrected chi connectivity index (χ0v) is 9.18. The van der Waals surface area contributed by atoms with Crippen molar-refractivity contribution in [1.82, 2.24) is 0 Å². The van der Waals surface area contributed by atoms with Crippen LogP contribution in [0.1, 0.15) is 17.3 Å². The van der Waals surface area contributed by atoms with E-state index in [0.717, 1.165) is 6.07 Å². The first kappa shape index (κ1) is 10.1. The molecule has 0 radical (unpaired) electrons. The third-order valence-corrected chi connectivity index (χ3v) is 2.46. The van der Waals surface area contributed by atoms with E-state index in [2.05, 4.69) is 25.2 Å². The summed E-state index contributed by atoms with van der Waals surface area (Å²) < 4.78 is 25.7. The maximum atomic E-state index is 13.1. The molecule has 0 aliphatic rings. The summed E-state index contributed by atoms with van der Waals surface area (Å²) in [6, 6.07) is 2.18. The molecular weight excluding hydrogens is 245 g/mol. The van der Waals surface area contributed by atoms with E-state index < -0.39 is 11.6 Å². The molecule has 2 atom stereocenters. The Balaban J connectivity index is 3.28. The Hall–Kier alpha value is -0.0100. The average Bonchev–Trinajstić information content (AvgIpc) is 1.82. The van der Waals surface area contributed by atoms with Gasteiger partial charge in [0.15, 0.2) is 0 Å². The van der Waals surface area contributed by atoms with Crippen molar-refractivity contribution in [3.8, 4) is 0 Å². The van der Waals surface area contributed by atoms with Gasteiger partial charge in [-0.1, -0.05) is 15.9 Å².